The van der Waals surface area contributed by atoms with Crippen molar-refractivity contribution in [3.8, 4) is 18.2 Å². The van der Waals surface area contributed by atoms with Gasteiger partial charge in [-0.1, -0.05) is 0 Å². The molecule has 3 nitrogen and oxygen atoms in total. The predicted molar refractivity (Wildman–Crippen MR) is 121 cm³/mol. The van der Waals surface area contributed by atoms with Gasteiger partial charge in [0.2, 0.25) is 11.6 Å². The van der Waals surface area contributed by atoms with E-state index >= 15 is 0 Å². The molecule has 3 aromatic carbocycles. The molecular weight excluding hydrogens is 701 g/mol. The molecule has 3 aromatic rings. The van der Waals surface area contributed by atoms with Gasteiger partial charge < -0.3 is 0 Å². The number of halogens is 17. The average molecular weight is 701 g/mol. The number of alkyl halides is 3. The predicted octanol–water partition coefficient (Wildman–Crippen LogP) is 8.90. The molecule has 0 unspecified atom stereocenters. The van der Waals surface area contributed by atoms with Gasteiger partial charge in [-0.15, -0.1) is 0 Å². The van der Waals surface area contributed by atoms with E-state index in [2.05, 4.69) is 0 Å². The van der Waals surface area contributed by atoms with Gasteiger partial charge in [-0.25, -0.2) is 61.5 Å². The second kappa shape index (κ2) is 11.8. The van der Waals surface area contributed by atoms with Crippen molar-refractivity contribution in [3.05, 3.63) is 120 Å². The summed E-state index contributed by atoms with van der Waals surface area (Å²) in [6.07, 6.45) is -6.16. The minimum absolute atomic E-state index is 0.724. The van der Waals surface area contributed by atoms with Gasteiger partial charge in [-0.2, -0.15) is 29.0 Å². The van der Waals surface area contributed by atoms with Gasteiger partial charge in [0.25, 0.3) is 0 Å². The fraction of sp³-hybridized carbons (Fsp3) is 0.0357. The van der Waals surface area contributed by atoms with Gasteiger partial charge in [0, 0.05) is 16.7 Å². The van der Waals surface area contributed by atoms with Crippen LogP contribution in [-0.2, 0) is 6.18 Å². The number of hydrogen-bond acceptors (Lipinski definition) is 3. The first-order chi connectivity index (χ1) is 22.2. The summed E-state index contributed by atoms with van der Waals surface area (Å²) in [5.41, 5.74) is -21.4. The Balaban J connectivity index is 2.36. The van der Waals surface area contributed by atoms with Crippen LogP contribution >= 0.6 is 0 Å². The Labute approximate surface area is 252 Å². The van der Waals surface area contributed by atoms with E-state index < -0.39 is 143 Å². The maximum atomic E-state index is 14.9. The molecule has 1 aliphatic carbocycles. The van der Waals surface area contributed by atoms with E-state index in [1.165, 1.54) is 0 Å². The minimum atomic E-state index is -6.16. The number of rotatable bonds is 3. The molecule has 0 N–H and O–H groups in total. The highest BCUT2D eigenvalue weighted by atomic mass is 19.4. The number of nitrogens with zero attached hydrogens (tertiary/aromatic N) is 3. The van der Waals surface area contributed by atoms with Crippen LogP contribution in [0.5, 0.6) is 0 Å². The SMILES string of the molecule is N#CC(=C1C(=C(C#N)c2c(F)c(F)c(F)c(F)c2F)C1=C(C#N)c1c(F)c(F)c(C(F)(F)F)c(F)c1F)c1c(F)c(F)c(F)c(F)c1F. The number of hydrogen-bond donors (Lipinski definition) is 0. The Bertz CT molecular complexity index is 2050. The molecule has 0 spiro atoms. The molecular formula is C28F17N3. The summed E-state index contributed by atoms with van der Waals surface area (Å²) in [6.45, 7) is 0. The van der Waals surface area contributed by atoms with Crippen molar-refractivity contribution < 1.29 is 74.6 Å². The van der Waals surface area contributed by atoms with E-state index in [1.54, 1.807) is 0 Å². The van der Waals surface area contributed by atoms with Gasteiger partial charge in [0.05, 0.1) is 33.4 Å². The van der Waals surface area contributed by atoms with Crippen LogP contribution in [0.15, 0.2) is 16.7 Å². The third-order valence-electron chi connectivity index (χ3n) is 6.49. The first-order valence-electron chi connectivity index (χ1n) is 11.6. The van der Waals surface area contributed by atoms with Crippen molar-refractivity contribution in [3.63, 3.8) is 0 Å². The standard InChI is InChI=1S/C28F17N3/c29-14-10(15(30)21(36)13(20(14)35)28(43,44)45)4(1-46)7-8(5(2-47)11-16(31)22(37)26(41)23(38)17(11)32)9(7)6(3-48)12-18(33)24(39)27(42)25(40)19(12)34. The Morgan fingerprint density at radius 2 is 0.521 bits per heavy atom. The molecule has 1 aliphatic rings. The third-order valence-corrected chi connectivity index (χ3v) is 6.49. The van der Waals surface area contributed by atoms with E-state index in [-0.39, 0.29) is 0 Å². The van der Waals surface area contributed by atoms with Gasteiger partial charge in [0.15, 0.2) is 69.8 Å². The van der Waals surface area contributed by atoms with Gasteiger partial charge in [-0.05, 0) is 0 Å². The summed E-state index contributed by atoms with van der Waals surface area (Å²) >= 11 is 0. The molecule has 20 heteroatoms. The summed E-state index contributed by atoms with van der Waals surface area (Å²) < 4.78 is 240. The minimum Gasteiger partial charge on any atom is -0.203 e. The highest BCUT2D eigenvalue weighted by Gasteiger charge is 2.48. The monoisotopic (exact) mass is 701 g/mol. The van der Waals surface area contributed by atoms with Crippen LogP contribution in [-0.4, -0.2) is 0 Å². The number of nitriles is 3. The van der Waals surface area contributed by atoms with E-state index in [4.69, 9.17) is 0 Å². The van der Waals surface area contributed by atoms with Crippen LogP contribution in [0, 0.1) is 115 Å². The molecule has 1 saturated carbocycles. The Kier molecular flexibility index (Phi) is 8.57. The molecule has 4 rings (SSSR count). The molecule has 0 amide bonds. The maximum absolute atomic E-state index is 14.9. The van der Waals surface area contributed by atoms with E-state index in [0.29, 0.717) is 0 Å². The van der Waals surface area contributed by atoms with Gasteiger partial charge >= 0.3 is 6.18 Å². The maximum Gasteiger partial charge on any atom is 0.422 e. The molecule has 0 aromatic heterocycles. The number of allylic oxidation sites excluding steroid dienone is 6. The van der Waals surface area contributed by atoms with Crippen LogP contribution in [0.3, 0.4) is 0 Å². The Morgan fingerprint density at radius 1 is 0.333 bits per heavy atom. The lowest BCUT2D eigenvalue weighted by Crippen LogP contribution is -2.17. The highest BCUT2D eigenvalue weighted by Crippen LogP contribution is 2.57. The van der Waals surface area contributed by atoms with Crippen LogP contribution in [0.1, 0.15) is 22.3 Å². The Hall–Kier alpha value is -5.84. The molecule has 1 fully saturated rings. The van der Waals surface area contributed by atoms with Crippen LogP contribution < -0.4 is 0 Å². The summed E-state index contributed by atoms with van der Waals surface area (Å²) in [5.74, 6) is -41.1. The lowest BCUT2D eigenvalue weighted by atomic mass is 9.99. The largest absolute Gasteiger partial charge is 0.422 e. The molecule has 0 heterocycles. The van der Waals surface area contributed by atoms with Crippen molar-refractivity contribution in [1.82, 2.24) is 0 Å². The van der Waals surface area contributed by atoms with Crippen molar-refractivity contribution in [2.24, 2.45) is 0 Å². The van der Waals surface area contributed by atoms with Crippen molar-refractivity contribution >= 4 is 16.7 Å². The molecule has 48 heavy (non-hydrogen) atoms. The van der Waals surface area contributed by atoms with Gasteiger partial charge in [-0.3, -0.25) is 0 Å². The van der Waals surface area contributed by atoms with E-state index in [9.17, 15) is 90.4 Å². The average Bonchev–Trinajstić information content (AvgIpc) is 3.75. The normalized spacial score (nSPS) is 14.8. The summed E-state index contributed by atoms with van der Waals surface area (Å²) in [5, 5.41) is 28.9. The van der Waals surface area contributed by atoms with Crippen LogP contribution in [0.4, 0.5) is 74.6 Å². The molecule has 0 radical (unpaired) electrons. The van der Waals surface area contributed by atoms with E-state index in [0.717, 1.165) is 18.2 Å². The zero-order valence-electron chi connectivity index (χ0n) is 21.8. The fourth-order valence-electron chi connectivity index (χ4n) is 4.40. The van der Waals surface area contributed by atoms with Crippen LogP contribution in [0.25, 0.3) is 16.7 Å². The van der Waals surface area contributed by atoms with E-state index in [1.807, 2.05) is 0 Å². The first kappa shape index (κ1) is 35.0. The molecule has 246 valence electrons. The van der Waals surface area contributed by atoms with Crippen molar-refractivity contribution in [1.29, 1.82) is 15.8 Å². The quantitative estimate of drug-likeness (QED) is 0.119. The third kappa shape index (κ3) is 4.90. The summed E-state index contributed by atoms with van der Waals surface area (Å²) in [6, 6.07) is 2.28. The zero-order chi connectivity index (χ0) is 36.5. The lowest BCUT2D eigenvalue weighted by molar-refractivity contribution is -0.143. The molecule has 0 bridgehead atoms. The second-order valence-corrected chi connectivity index (χ2v) is 8.98. The topological polar surface area (TPSA) is 71.4 Å². The highest BCUT2D eigenvalue weighted by molar-refractivity contribution is 6.12. The fourth-order valence-corrected chi connectivity index (χ4v) is 4.40. The number of benzene rings is 3. The second-order valence-electron chi connectivity index (χ2n) is 8.98. The van der Waals surface area contributed by atoms with Crippen molar-refractivity contribution in [2.75, 3.05) is 0 Å². The van der Waals surface area contributed by atoms with Crippen molar-refractivity contribution in [2.45, 2.75) is 6.18 Å². The lowest BCUT2D eigenvalue weighted by Gasteiger charge is -2.13. The Morgan fingerprint density at radius 3 is 0.708 bits per heavy atom. The first-order valence-corrected chi connectivity index (χ1v) is 11.6. The van der Waals surface area contributed by atoms with Gasteiger partial charge in [0.1, 0.15) is 23.8 Å². The zero-order valence-corrected chi connectivity index (χ0v) is 21.8. The smallest absolute Gasteiger partial charge is 0.203 e. The molecule has 0 saturated heterocycles. The molecule has 0 atom stereocenters. The van der Waals surface area contributed by atoms with Crippen LogP contribution in [0.2, 0.25) is 0 Å². The molecule has 0 aliphatic heterocycles. The summed E-state index contributed by atoms with van der Waals surface area (Å²) in [7, 11) is 0. The summed E-state index contributed by atoms with van der Waals surface area (Å²) in [4.78, 5) is 0.